The van der Waals surface area contributed by atoms with Crippen LogP contribution in [0, 0.1) is 17.9 Å². The first-order valence-electron chi connectivity index (χ1n) is 6.39. The Labute approximate surface area is 165 Å². The zero-order valence-corrected chi connectivity index (χ0v) is 16.7. The Morgan fingerprint density at radius 2 is 2.23 bits per heavy atom. The number of carbonyl (C=O) groups excluding carboxylic acids is 1. The van der Waals surface area contributed by atoms with Gasteiger partial charge in [0, 0.05) is 39.8 Å². The monoisotopic (exact) mass is 411 g/mol. The van der Waals surface area contributed by atoms with Gasteiger partial charge in [-0.2, -0.15) is 0 Å². The molecule has 1 radical (unpaired) electrons. The van der Waals surface area contributed by atoms with Gasteiger partial charge in [0.1, 0.15) is 17.7 Å². The number of nitrogens with zero attached hydrogens (tertiary/aromatic N) is 1. The fraction of sp³-hybridized carbons (Fsp3) is 0.312. The van der Waals surface area contributed by atoms with Crippen LogP contribution in [-0.4, -0.2) is 29.8 Å². The number of hydrogen-bond acceptors (Lipinski definition) is 2. The molecule has 0 N–H and O–H groups in total. The molecule has 0 fully saturated rings. The maximum Gasteiger partial charge on any atom is 0.240 e. The molecule has 6 heteroatoms. The van der Waals surface area contributed by atoms with E-state index in [4.69, 9.17) is 27.9 Å². The van der Waals surface area contributed by atoms with Crippen LogP contribution in [-0.2, 0) is 37.5 Å². The molecule has 1 aliphatic rings. The molecule has 1 aromatic rings. The summed E-state index contributed by atoms with van der Waals surface area (Å²) in [5.41, 5.74) is 1.37. The average Bonchev–Trinajstić information content (AvgIpc) is 2.46. The van der Waals surface area contributed by atoms with Gasteiger partial charge in [-0.15, -0.1) is 46.4 Å². The van der Waals surface area contributed by atoms with E-state index in [1.165, 1.54) is 4.90 Å². The molecule has 0 saturated carbocycles. The van der Waals surface area contributed by atoms with Crippen LogP contribution in [0.4, 0.5) is 0 Å². The van der Waals surface area contributed by atoms with Gasteiger partial charge >= 0.3 is 0 Å². The van der Waals surface area contributed by atoms with Gasteiger partial charge in [0.05, 0.1) is 0 Å². The zero-order valence-electron chi connectivity index (χ0n) is 12.3. The molecule has 2 rings (SSSR count). The SMILES string of the molecule is CC#CCOc1ccc(C2=[C-]CC(Cl)C(=O)N2C)c(Cl)c1.[Y]. The first-order chi connectivity index (χ1) is 10.0. The number of allylic oxidation sites excluding steroid dienone is 1. The van der Waals surface area contributed by atoms with E-state index in [9.17, 15) is 4.79 Å². The van der Waals surface area contributed by atoms with Crippen molar-refractivity contribution in [2.75, 3.05) is 13.7 Å². The number of amides is 1. The smallest absolute Gasteiger partial charge is 0.240 e. The summed E-state index contributed by atoms with van der Waals surface area (Å²) in [7, 11) is 1.66. The number of ether oxygens (including phenoxy) is 1. The van der Waals surface area contributed by atoms with Crippen molar-refractivity contribution in [3.63, 3.8) is 0 Å². The first kappa shape index (κ1) is 19.5. The molecule has 1 unspecified atom stereocenters. The van der Waals surface area contributed by atoms with Crippen LogP contribution >= 0.6 is 23.2 Å². The molecule has 1 heterocycles. The predicted octanol–water partition coefficient (Wildman–Crippen LogP) is 3.35. The largest absolute Gasteiger partial charge is 0.481 e. The van der Waals surface area contributed by atoms with E-state index < -0.39 is 5.38 Å². The number of carbonyl (C=O) groups is 1. The van der Waals surface area contributed by atoms with Crippen LogP contribution in [0.15, 0.2) is 18.2 Å². The summed E-state index contributed by atoms with van der Waals surface area (Å²) in [6, 6.07) is 5.30. The third kappa shape index (κ3) is 4.49. The van der Waals surface area contributed by atoms with Crippen molar-refractivity contribution >= 4 is 34.8 Å². The van der Waals surface area contributed by atoms with Crippen LogP contribution in [0.3, 0.4) is 0 Å². The van der Waals surface area contributed by atoms with Crippen molar-refractivity contribution in [2.45, 2.75) is 18.7 Å². The maximum absolute atomic E-state index is 11.9. The van der Waals surface area contributed by atoms with E-state index in [-0.39, 0.29) is 38.6 Å². The summed E-state index contributed by atoms with van der Waals surface area (Å²) < 4.78 is 5.45. The van der Waals surface area contributed by atoms with Gasteiger partial charge < -0.3 is 9.64 Å². The summed E-state index contributed by atoms with van der Waals surface area (Å²) >= 11 is 12.2. The average molecular weight is 412 g/mol. The van der Waals surface area contributed by atoms with E-state index in [0.717, 1.165) is 5.56 Å². The van der Waals surface area contributed by atoms with Crippen molar-refractivity contribution in [1.82, 2.24) is 4.90 Å². The minimum Gasteiger partial charge on any atom is -0.481 e. The molecule has 22 heavy (non-hydrogen) atoms. The first-order valence-corrected chi connectivity index (χ1v) is 7.21. The van der Waals surface area contributed by atoms with Crippen molar-refractivity contribution in [2.24, 2.45) is 0 Å². The number of hydrogen-bond donors (Lipinski definition) is 0. The number of rotatable bonds is 3. The quantitative estimate of drug-likeness (QED) is 0.433. The summed E-state index contributed by atoms with van der Waals surface area (Å²) in [4.78, 5) is 13.4. The minimum absolute atomic E-state index is 0. The molecule has 0 spiro atoms. The Morgan fingerprint density at radius 1 is 1.50 bits per heavy atom. The van der Waals surface area contributed by atoms with E-state index >= 15 is 0 Å². The van der Waals surface area contributed by atoms with Crippen molar-refractivity contribution in [3.05, 3.63) is 34.9 Å². The van der Waals surface area contributed by atoms with Gasteiger partial charge in [-0.25, -0.2) is 6.08 Å². The molecule has 3 nitrogen and oxygen atoms in total. The molecule has 0 bridgehead atoms. The summed E-state index contributed by atoms with van der Waals surface area (Å²) in [5.74, 6) is 6.04. The van der Waals surface area contributed by atoms with Crippen molar-refractivity contribution in [3.8, 4) is 17.6 Å². The normalized spacial score (nSPS) is 17.1. The Hall–Kier alpha value is -0.526. The standard InChI is InChI=1S/C16H14Cl2NO2.Y/c1-3-4-9-21-11-5-6-12(14(18)10-11)15-8-7-13(17)16(20)19(15)2;/h5-6,10,13H,7,9H2,1-2H3;/q-1;. The van der Waals surface area contributed by atoms with E-state index in [1.54, 1.807) is 32.2 Å². The molecule has 0 saturated heterocycles. The number of alkyl halides is 1. The van der Waals surface area contributed by atoms with Gasteiger partial charge in [0.15, 0.2) is 0 Å². The molecular weight excluding hydrogens is 398 g/mol. The van der Waals surface area contributed by atoms with Crippen molar-refractivity contribution < 1.29 is 42.2 Å². The zero-order chi connectivity index (χ0) is 15.4. The third-order valence-electron chi connectivity index (χ3n) is 3.07. The van der Waals surface area contributed by atoms with E-state index in [1.807, 2.05) is 0 Å². The van der Waals surface area contributed by atoms with Gasteiger partial charge in [0.25, 0.3) is 0 Å². The Balaban J connectivity index is 0.00000242. The van der Waals surface area contributed by atoms with Crippen LogP contribution in [0.2, 0.25) is 5.02 Å². The van der Waals surface area contributed by atoms with Gasteiger partial charge in [0.2, 0.25) is 5.91 Å². The van der Waals surface area contributed by atoms with Crippen LogP contribution in [0.25, 0.3) is 5.70 Å². The Bertz CT molecular complexity index is 649. The summed E-state index contributed by atoms with van der Waals surface area (Å²) in [6.45, 7) is 2.06. The Morgan fingerprint density at radius 3 is 2.86 bits per heavy atom. The molecule has 1 aliphatic heterocycles. The predicted molar refractivity (Wildman–Crippen MR) is 84.1 cm³/mol. The van der Waals surface area contributed by atoms with Crippen LogP contribution in [0.1, 0.15) is 18.9 Å². The fourth-order valence-electron chi connectivity index (χ4n) is 1.96. The van der Waals surface area contributed by atoms with Gasteiger partial charge in [-0.3, -0.25) is 4.79 Å². The second-order valence-corrected chi connectivity index (χ2v) is 5.39. The van der Waals surface area contributed by atoms with Crippen molar-refractivity contribution in [1.29, 1.82) is 0 Å². The molecule has 113 valence electrons. The molecule has 1 aromatic carbocycles. The second-order valence-electron chi connectivity index (χ2n) is 4.45. The molecule has 0 aliphatic carbocycles. The Kier molecular flexibility index (Phi) is 7.93. The van der Waals surface area contributed by atoms with Crippen LogP contribution < -0.4 is 4.74 Å². The van der Waals surface area contributed by atoms with E-state index in [0.29, 0.717) is 29.5 Å². The molecule has 1 atom stereocenters. The minimum atomic E-state index is -0.562. The number of benzene rings is 1. The third-order valence-corrected chi connectivity index (χ3v) is 3.72. The van der Waals surface area contributed by atoms with Gasteiger partial charge in [-0.05, 0) is 24.1 Å². The summed E-state index contributed by atoms with van der Waals surface area (Å²) in [5, 5.41) is -0.0696. The van der Waals surface area contributed by atoms with Crippen LogP contribution in [0.5, 0.6) is 5.75 Å². The summed E-state index contributed by atoms with van der Waals surface area (Å²) in [6.07, 6.45) is 3.50. The fourth-order valence-corrected chi connectivity index (χ4v) is 2.44. The maximum atomic E-state index is 11.9. The molecule has 0 aromatic heterocycles. The number of halogens is 2. The topological polar surface area (TPSA) is 29.5 Å². The molecular formula is C16H14Cl2NO2Y-. The molecule has 1 amide bonds. The van der Waals surface area contributed by atoms with E-state index in [2.05, 4.69) is 17.9 Å². The second kappa shape index (κ2) is 8.94. The van der Waals surface area contributed by atoms with Gasteiger partial charge in [-0.1, -0.05) is 12.3 Å².